The predicted octanol–water partition coefficient (Wildman–Crippen LogP) is 2.04. The molecule has 0 spiro atoms. The average molecular weight is 416 g/mol. The van der Waals surface area contributed by atoms with Crippen LogP contribution in [0.15, 0.2) is 24.3 Å². The zero-order valence-corrected chi connectivity index (χ0v) is 15.5. The molecule has 9 nitrogen and oxygen atoms in total. The Balaban J connectivity index is 1.81. The van der Waals surface area contributed by atoms with Crippen LogP contribution in [0.2, 0.25) is 0 Å². The molecule has 3 N–H and O–H groups in total. The molecule has 0 saturated carbocycles. The molecule has 0 radical (unpaired) electrons. The second-order valence-corrected chi connectivity index (χ2v) is 6.46. The van der Waals surface area contributed by atoms with E-state index in [0.29, 0.717) is 0 Å². The maximum absolute atomic E-state index is 12.6. The van der Waals surface area contributed by atoms with E-state index in [4.69, 9.17) is 4.74 Å². The molecule has 0 aliphatic carbocycles. The molecular formula is C17H19F3N4O5. The van der Waals surface area contributed by atoms with Crippen LogP contribution >= 0.6 is 0 Å². The molecule has 2 atom stereocenters. The van der Waals surface area contributed by atoms with Gasteiger partial charge in [0.25, 0.3) is 5.91 Å². The number of benzene rings is 1. The van der Waals surface area contributed by atoms with Gasteiger partial charge in [0.1, 0.15) is 11.5 Å². The van der Waals surface area contributed by atoms with E-state index in [-0.39, 0.29) is 36.2 Å². The molecule has 0 fully saturated rings. The van der Waals surface area contributed by atoms with E-state index in [1.807, 2.05) is 0 Å². The van der Waals surface area contributed by atoms with E-state index in [1.165, 1.54) is 24.1 Å². The number of aromatic amines is 1. The number of aliphatic hydroxyl groups excluding tert-OH is 2. The largest absolute Gasteiger partial charge is 0.573 e. The molecular weight excluding hydrogens is 397 g/mol. The molecule has 1 aliphatic heterocycles. The number of carbonyl (C=O) groups excluding carboxylic acids is 1. The van der Waals surface area contributed by atoms with Gasteiger partial charge in [0.05, 0.1) is 6.10 Å². The minimum atomic E-state index is -4.84. The first-order valence-electron chi connectivity index (χ1n) is 8.59. The van der Waals surface area contributed by atoms with Crippen LogP contribution in [0, 0.1) is 0 Å². The Labute approximate surface area is 163 Å². The third-order valence-corrected chi connectivity index (χ3v) is 4.14. The standard InChI is InChI=1S/C17H19F3N4O5/c1-9(25)6-7-24-14(26)12-13(23(2)16(24)27)22-15(21-12)28-10-4-3-5-11(8-10)29-17(18,19)20/h3-5,8-9,16,25,27H,6-7H2,1-2H3,(H,21,22). The summed E-state index contributed by atoms with van der Waals surface area (Å²) in [6.45, 7) is 1.67. The van der Waals surface area contributed by atoms with Crippen molar-refractivity contribution in [1.82, 2.24) is 14.9 Å². The van der Waals surface area contributed by atoms with Crippen molar-refractivity contribution in [2.75, 3.05) is 18.5 Å². The summed E-state index contributed by atoms with van der Waals surface area (Å²) in [5.41, 5.74) is 0.0427. The molecule has 29 heavy (non-hydrogen) atoms. The molecule has 0 bridgehead atoms. The Kier molecular flexibility index (Phi) is 5.57. The van der Waals surface area contributed by atoms with Gasteiger partial charge in [0.2, 0.25) is 6.35 Å². The van der Waals surface area contributed by atoms with Crippen LogP contribution in [-0.4, -0.2) is 63.4 Å². The molecule has 2 aromatic rings. The topological polar surface area (TPSA) is 111 Å². The number of aromatic nitrogens is 2. The van der Waals surface area contributed by atoms with Gasteiger partial charge in [0.15, 0.2) is 11.5 Å². The van der Waals surface area contributed by atoms with Crippen molar-refractivity contribution in [3.05, 3.63) is 30.0 Å². The third kappa shape index (κ3) is 4.71. The van der Waals surface area contributed by atoms with E-state index < -0.39 is 30.5 Å². The second-order valence-electron chi connectivity index (χ2n) is 6.46. The van der Waals surface area contributed by atoms with E-state index >= 15 is 0 Å². The zero-order valence-electron chi connectivity index (χ0n) is 15.5. The highest BCUT2D eigenvalue weighted by Gasteiger charge is 2.38. The van der Waals surface area contributed by atoms with Crippen LogP contribution < -0.4 is 14.4 Å². The number of carbonyl (C=O) groups is 1. The fourth-order valence-corrected chi connectivity index (χ4v) is 2.75. The predicted molar refractivity (Wildman–Crippen MR) is 93.5 cm³/mol. The number of hydrogen-bond acceptors (Lipinski definition) is 7. The number of rotatable bonds is 6. The summed E-state index contributed by atoms with van der Waals surface area (Å²) in [5.74, 6) is -0.907. The van der Waals surface area contributed by atoms with Crippen molar-refractivity contribution in [2.45, 2.75) is 32.2 Å². The normalized spacial score (nSPS) is 17.9. The summed E-state index contributed by atoms with van der Waals surface area (Å²) in [7, 11) is 1.51. The fraction of sp³-hybridized carbons (Fsp3) is 0.412. The van der Waals surface area contributed by atoms with Crippen molar-refractivity contribution in [2.24, 2.45) is 0 Å². The highest BCUT2D eigenvalue weighted by molar-refractivity contribution is 5.99. The van der Waals surface area contributed by atoms with Crippen molar-refractivity contribution >= 4 is 11.7 Å². The minimum absolute atomic E-state index is 0.000501. The quantitative estimate of drug-likeness (QED) is 0.661. The molecule has 2 unspecified atom stereocenters. The lowest BCUT2D eigenvalue weighted by Crippen LogP contribution is -2.54. The van der Waals surface area contributed by atoms with E-state index in [9.17, 15) is 28.2 Å². The number of aliphatic hydroxyl groups is 2. The fourth-order valence-electron chi connectivity index (χ4n) is 2.75. The number of alkyl halides is 3. The van der Waals surface area contributed by atoms with Crippen LogP contribution in [0.4, 0.5) is 19.0 Å². The molecule has 0 saturated heterocycles. The van der Waals surface area contributed by atoms with Gasteiger partial charge in [-0.25, -0.2) is 0 Å². The average Bonchev–Trinajstić information content (AvgIpc) is 3.02. The lowest BCUT2D eigenvalue weighted by atomic mass is 10.2. The minimum Gasteiger partial charge on any atom is -0.425 e. The molecule has 158 valence electrons. The summed E-state index contributed by atoms with van der Waals surface area (Å²) in [6, 6.07) is 4.67. The first kappa shape index (κ1) is 20.7. The highest BCUT2D eigenvalue weighted by Crippen LogP contribution is 2.32. The number of nitrogens with zero attached hydrogens (tertiary/aromatic N) is 3. The number of amides is 1. The smallest absolute Gasteiger partial charge is 0.425 e. The molecule has 1 amide bonds. The molecule has 1 aromatic heterocycles. The Hall–Kier alpha value is -2.99. The number of H-pyrrole nitrogens is 1. The summed E-state index contributed by atoms with van der Waals surface area (Å²) in [6.07, 6.45) is -6.54. The van der Waals surface area contributed by atoms with Gasteiger partial charge in [-0.2, -0.15) is 4.98 Å². The van der Waals surface area contributed by atoms with E-state index in [0.717, 1.165) is 17.0 Å². The number of anilines is 1. The monoisotopic (exact) mass is 416 g/mol. The number of imidazole rings is 1. The molecule has 1 aromatic carbocycles. The summed E-state index contributed by atoms with van der Waals surface area (Å²) in [4.78, 5) is 21.9. The lowest BCUT2D eigenvalue weighted by Gasteiger charge is -2.38. The van der Waals surface area contributed by atoms with Gasteiger partial charge in [-0.1, -0.05) is 6.07 Å². The summed E-state index contributed by atoms with van der Waals surface area (Å²) in [5, 5.41) is 19.8. The SMILES string of the molecule is CC(O)CCN1C(=O)c2[nH]c(Oc3cccc(OC(F)(F)F)c3)nc2N(C)C1O. The Morgan fingerprint density at radius 1 is 1.34 bits per heavy atom. The van der Waals surface area contributed by atoms with Crippen molar-refractivity contribution in [1.29, 1.82) is 0 Å². The van der Waals surface area contributed by atoms with Gasteiger partial charge in [-0.05, 0) is 25.5 Å². The first-order valence-corrected chi connectivity index (χ1v) is 8.59. The number of nitrogens with one attached hydrogen (secondary N) is 1. The zero-order chi connectivity index (χ0) is 21.3. The van der Waals surface area contributed by atoms with Gasteiger partial charge in [0, 0.05) is 19.7 Å². The summed E-state index contributed by atoms with van der Waals surface area (Å²) < 4.78 is 46.3. The second kappa shape index (κ2) is 7.79. The number of fused-ring (bicyclic) bond motifs is 1. The van der Waals surface area contributed by atoms with Crippen LogP contribution in [0.3, 0.4) is 0 Å². The number of hydrogen-bond donors (Lipinski definition) is 3. The lowest BCUT2D eigenvalue weighted by molar-refractivity contribution is -0.274. The van der Waals surface area contributed by atoms with Gasteiger partial charge >= 0.3 is 12.4 Å². The Morgan fingerprint density at radius 2 is 2.03 bits per heavy atom. The van der Waals surface area contributed by atoms with Crippen LogP contribution in [0.25, 0.3) is 0 Å². The van der Waals surface area contributed by atoms with Crippen molar-refractivity contribution < 1.29 is 37.7 Å². The summed E-state index contributed by atoms with van der Waals surface area (Å²) >= 11 is 0. The van der Waals surface area contributed by atoms with E-state index in [2.05, 4.69) is 14.7 Å². The number of halogens is 3. The molecule has 2 heterocycles. The highest BCUT2D eigenvalue weighted by atomic mass is 19.4. The van der Waals surface area contributed by atoms with Crippen LogP contribution in [-0.2, 0) is 0 Å². The van der Waals surface area contributed by atoms with Gasteiger partial charge in [-0.15, -0.1) is 13.2 Å². The van der Waals surface area contributed by atoms with Crippen LogP contribution in [0.5, 0.6) is 17.5 Å². The first-order chi connectivity index (χ1) is 13.5. The molecule has 3 rings (SSSR count). The number of ether oxygens (including phenoxy) is 2. The Morgan fingerprint density at radius 3 is 2.69 bits per heavy atom. The van der Waals surface area contributed by atoms with Crippen molar-refractivity contribution in [3.8, 4) is 17.5 Å². The van der Waals surface area contributed by atoms with Gasteiger partial charge < -0.3 is 29.6 Å². The van der Waals surface area contributed by atoms with Crippen molar-refractivity contribution in [3.63, 3.8) is 0 Å². The molecule has 12 heteroatoms. The molecule has 1 aliphatic rings. The van der Waals surface area contributed by atoms with Gasteiger partial charge in [-0.3, -0.25) is 9.69 Å². The Bertz CT molecular complexity index is 886. The maximum atomic E-state index is 12.6. The maximum Gasteiger partial charge on any atom is 0.573 e. The third-order valence-electron chi connectivity index (χ3n) is 4.14. The van der Waals surface area contributed by atoms with E-state index in [1.54, 1.807) is 6.92 Å². The van der Waals surface area contributed by atoms with Crippen LogP contribution in [0.1, 0.15) is 23.8 Å².